The molecule has 0 aliphatic heterocycles. The largest absolute Gasteiger partial charge is 0.310 e. The predicted octanol–water partition coefficient (Wildman–Crippen LogP) is 15.5. The van der Waals surface area contributed by atoms with Crippen molar-refractivity contribution in [1.29, 1.82) is 0 Å². The second kappa shape index (κ2) is 12.3. The first kappa shape index (κ1) is 33.5. The highest BCUT2D eigenvalue weighted by Crippen LogP contribution is 2.53. The third kappa shape index (κ3) is 4.59. The standard InChI is InChI=1S/C58H40N2/c1-58(2)51-19-8-5-14-45(51)47-18-11-17-44(56(47)58)37-26-30-42(31-27-37)59(41-28-24-36(25-29-41)38-22-23-40-34-39-12-3-4-13-43(39)50(40)35-38)54-33-32-48-46-15-6-9-20-52(46)60-53-21-10-7-16-49(53)55(54)57(48)60/h3-33,35H,34H2,1-2H3. The van der Waals surface area contributed by atoms with Gasteiger partial charge in [0.2, 0.25) is 0 Å². The van der Waals surface area contributed by atoms with E-state index >= 15 is 0 Å². The number of benzene rings is 9. The number of rotatable bonds is 5. The fourth-order valence-electron chi connectivity index (χ4n) is 11.0. The molecule has 0 spiro atoms. The summed E-state index contributed by atoms with van der Waals surface area (Å²) in [6, 6.07) is 72.5. The maximum absolute atomic E-state index is 2.48. The molecule has 0 radical (unpaired) electrons. The first-order valence-corrected chi connectivity index (χ1v) is 21.1. The highest BCUT2D eigenvalue weighted by molar-refractivity contribution is 6.27. The van der Waals surface area contributed by atoms with Gasteiger partial charge in [-0.2, -0.15) is 0 Å². The van der Waals surface area contributed by atoms with E-state index in [1.807, 2.05) is 0 Å². The summed E-state index contributed by atoms with van der Waals surface area (Å²) < 4.78 is 2.48. The van der Waals surface area contributed by atoms with Gasteiger partial charge in [0.25, 0.3) is 0 Å². The van der Waals surface area contributed by atoms with Gasteiger partial charge < -0.3 is 9.30 Å². The van der Waals surface area contributed by atoms with Crippen LogP contribution in [0.4, 0.5) is 17.1 Å². The van der Waals surface area contributed by atoms with Gasteiger partial charge in [0, 0.05) is 38.3 Å². The molecule has 0 unspecified atom stereocenters. The molecular weight excluding hydrogens is 725 g/mol. The van der Waals surface area contributed by atoms with Crippen molar-refractivity contribution >= 4 is 55.2 Å². The minimum atomic E-state index is -0.0946. The van der Waals surface area contributed by atoms with Crippen LogP contribution < -0.4 is 4.90 Å². The van der Waals surface area contributed by atoms with Crippen LogP contribution in [0.25, 0.3) is 82.6 Å². The molecule has 60 heavy (non-hydrogen) atoms. The Labute approximate surface area is 349 Å². The van der Waals surface area contributed by atoms with E-state index in [2.05, 4.69) is 217 Å². The Morgan fingerprint density at radius 1 is 0.433 bits per heavy atom. The Bertz CT molecular complexity index is 3530. The van der Waals surface area contributed by atoms with Crippen molar-refractivity contribution in [2.24, 2.45) is 0 Å². The molecule has 0 N–H and O–H groups in total. The maximum atomic E-state index is 2.48. The van der Waals surface area contributed by atoms with Gasteiger partial charge in [-0.1, -0.05) is 159 Å². The Kier molecular flexibility index (Phi) is 6.88. The molecule has 11 aromatic rings. The lowest BCUT2D eigenvalue weighted by molar-refractivity contribution is 0.662. The van der Waals surface area contributed by atoms with Gasteiger partial charge in [0.05, 0.1) is 22.2 Å². The lowest BCUT2D eigenvalue weighted by Gasteiger charge is -2.28. The second-order valence-corrected chi connectivity index (χ2v) is 17.3. The molecule has 0 saturated heterocycles. The monoisotopic (exact) mass is 764 g/mol. The molecule has 0 atom stereocenters. The van der Waals surface area contributed by atoms with Crippen LogP contribution in [0.5, 0.6) is 0 Å². The minimum absolute atomic E-state index is 0.0946. The summed E-state index contributed by atoms with van der Waals surface area (Å²) in [5.74, 6) is 0. The molecule has 2 nitrogen and oxygen atoms in total. The molecular formula is C58H40N2. The van der Waals surface area contributed by atoms with Gasteiger partial charge in [-0.25, -0.2) is 0 Å². The van der Waals surface area contributed by atoms with Crippen LogP contribution in [0.1, 0.15) is 36.1 Å². The van der Waals surface area contributed by atoms with E-state index in [9.17, 15) is 0 Å². The second-order valence-electron chi connectivity index (χ2n) is 17.3. The average Bonchev–Trinajstić information content (AvgIpc) is 4.02. The van der Waals surface area contributed by atoms with Gasteiger partial charge in [0.1, 0.15) is 0 Å². The number of para-hydroxylation sites is 2. The quantitative estimate of drug-likeness (QED) is 0.169. The fraction of sp³-hybridized carbons (Fsp3) is 0.0690. The molecule has 0 saturated carbocycles. The fourth-order valence-corrected chi connectivity index (χ4v) is 11.0. The lowest BCUT2D eigenvalue weighted by atomic mass is 9.79. The molecule has 9 aromatic carbocycles. The van der Waals surface area contributed by atoms with Crippen LogP contribution >= 0.6 is 0 Å². The lowest BCUT2D eigenvalue weighted by Crippen LogP contribution is -2.16. The third-order valence-corrected chi connectivity index (χ3v) is 13.7. The predicted molar refractivity (Wildman–Crippen MR) is 252 cm³/mol. The van der Waals surface area contributed by atoms with Gasteiger partial charge in [0.15, 0.2) is 0 Å². The van der Waals surface area contributed by atoms with Gasteiger partial charge >= 0.3 is 0 Å². The van der Waals surface area contributed by atoms with Crippen LogP contribution in [0, 0.1) is 0 Å². The number of aromatic nitrogens is 1. The number of hydrogen-bond acceptors (Lipinski definition) is 1. The maximum Gasteiger partial charge on any atom is 0.0641 e. The summed E-state index contributed by atoms with van der Waals surface area (Å²) >= 11 is 0. The van der Waals surface area contributed by atoms with Crippen LogP contribution in [0.2, 0.25) is 0 Å². The highest BCUT2D eigenvalue weighted by atomic mass is 15.1. The molecule has 0 fully saturated rings. The Morgan fingerprint density at radius 3 is 1.83 bits per heavy atom. The molecule has 282 valence electrons. The van der Waals surface area contributed by atoms with E-state index in [1.54, 1.807) is 0 Å². The van der Waals surface area contributed by atoms with Gasteiger partial charge in [-0.15, -0.1) is 0 Å². The zero-order chi connectivity index (χ0) is 39.7. The van der Waals surface area contributed by atoms with Crippen LogP contribution in [-0.2, 0) is 11.8 Å². The number of fused-ring (bicyclic) bond motifs is 12. The summed E-state index contributed by atoms with van der Waals surface area (Å²) in [7, 11) is 0. The van der Waals surface area contributed by atoms with Crippen molar-refractivity contribution in [3.8, 4) is 44.5 Å². The summed E-state index contributed by atoms with van der Waals surface area (Å²) in [5, 5.41) is 5.10. The highest BCUT2D eigenvalue weighted by Gasteiger charge is 2.37. The van der Waals surface area contributed by atoms with E-state index in [0.29, 0.717) is 0 Å². The first-order valence-electron chi connectivity index (χ1n) is 21.1. The van der Waals surface area contributed by atoms with Gasteiger partial charge in [-0.3, -0.25) is 0 Å². The molecule has 13 rings (SSSR count). The Balaban J connectivity index is 0.986. The zero-order valence-electron chi connectivity index (χ0n) is 33.6. The van der Waals surface area contributed by atoms with Crippen LogP contribution in [-0.4, -0.2) is 4.40 Å². The molecule has 0 amide bonds. The third-order valence-electron chi connectivity index (χ3n) is 13.7. The van der Waals surface area contributed by atoms with Crippen molar-refractivity contribution in [3.63, 3.8) is 0 Å². The smallest absolute Gasteiger partial charge is 0.0641 e. The van der Waals surface area contributed by atoms with Crippen molar-refractivity contribution in [3.05, 3.63) is 216 Å². The summed E-state index contributed by atoms with van der Waals surface area (Å²) in [5.41, 5.74) is 23.1. The van der Waals surface area contributed by atoms with E-state index in [1.165, 1.54) is 111 Å². The molecule has 2 aliphatic carbocycles. The van der Waals surface area contributed by atoms with Crippen molar-refractivity contribution in [2.45, 2.75) is 25.7 Å². The number of hydrogen-bond donors (Lipinski definition) is 0. The van der Waals surface area contributed by atoms with E-state index < -0.39 is 0 Å². The number of nitrogens with zero attached hydrogens (tertiary/aromatic N) is 2. The topological polar surface area (TPSA) is 7.65 Å². The van der Waals surface area contributed by atoms with Gasteiger partial charge in [-0.05, 0) is 122 Å². The Hall–Kier alpha value is -7.42. The molecule has 0 bridgehead atoms. The van der Waals surface area contributed by atoms with Crippen molar-refractivity contribution in [2.75, 3.05) is 4.90 Å². The van der Waals surface area contributed by atoms with Crippen LogP contribution in [0.15, 0.2) is 194 Å². The van der Waals surface area contributed by atoms with Crippen molar-refractivity contribution < 1.29 is 0 Å². The molecule has 2 aromatic heterocycles. The van der Waals surface area contributed by atoms with E-state index in [4.69, 9.17) is 0 Å². The first-order chi connectivity index (χ1) is 29.5. The normalized spacial score (nSPS) is 13.6. The molecule has 2 heterocycles. The van der Waals surface area contributed by atoms with E-state index in [-0.39, 0.29) is 5.41 Å². The van der Waals surface area contributed by atoms with Crippen LogP contribution in [0.3, 0.4) is 0 Å². The summed E-state index contributed by atoms with van der Waals surface area (Å²) in [6.07, 6.45) is 1.01. The number of anilines is 3. The Morgan fingerprint density at radius 2 is 1.03 bits per heavy atom. The average molecular weight is 765 g/mol. The summed E-state index contributed by atoms with van der Waals surface area (Å²) in [6.45, 7) is 4.75. The SMILES string of the molecule is CC1(C)c2ccccc2-c2cccc(-c3ccc(N(c4ccc(-c5ccc6c(c5)-c5ccccc5C6)cc4)c4ccc5c6ccccc6n6c7ccccc7c4c56)cc3)c21. The minimum Gasteiger partial charge on any atom is -0.310 e. The van der Waals surface area contributed by atoms with Crippen molar-refractivity contribution in [1.82, 2.24) is 4.40 Å². The molecule has 2 heteroatoms. The molecule has 2 aliphatic rings. The summed E-state index contributed by atoms with van der Waals surface area (Å²) in [4.78, 5) is 2.47. The zero-order valence-corrected chi connectivity index (χ0v) is 33.6. The van der Waals surface area contributed by atoms with E-state index in [0.717, 1.165) is 17.8 Å².